The lowest BCUT2D eigenvalue weighted by atomic mass is 10.1. The number of carbonyl (C=O) groups excluding carboxylic acids is 1. The largest absolute Gasteiger partial charge is 0.392 e. The quantitative estimate of drug-likeness (QED) is 0.637. The van der Waals surface area contributed by atoms with Crippen molar-refractivity contribution in [1.29, 1.82) is 0 Å². The second-order valence-electron chi connectivity index (χ2n) is 4.18. The van der Waals surface area contributed by atoms with Gasteiger partial charge in [-0.2, -0.15) is 0 Å². The fourth-order valence-corrected chi connectivity index (χ4v) is 1.46. The molecule has 4 heteroatoms. The lowest BCUT2D eigenvalue weighted by Crippen LogP contribution is -2.34. The zero-order valence-electron chi connectivity index (χ0n) is 10.4. The highest BCUT2D eigenvalue weighted by Gasteiger charge is 2.03. The van der Waals surface area contributed by atoms with Crippen LogP contribution in [0.4, 0.5) is 0 Å². The fourth-order valence-electron chi connectivity index (χ4n) is 1.46. The van der Waals surface area contributed by atoms with Gasteiger partial charge in [0, 0.05) is 25.2 Å². The maximum Gasteiger partial charge on any atom is 0.251 e. The van der Waals surface area contributed by atoms with E-state index >= 15 is 0 Å². The van der Waals surface area contributed by atoms with E-state index in [0.717, 1.165) is 5.56 Å². The topological polar surface area (TPSA) is 61.4 Å². The lowest BCUT2D eigenvalue weighted by molar-refractivity contribution is 0.0953. The van der Waals surface area contributed by atoms with Gasteiger partial charge < -0.3 is 15.7 Å². The Morgan fingerprint density at radius 1 is 1.41 bits per heavy atom. The minimum absolute atomic E-state index is 0.0625. The van der Waals surface area contributed by atoms with Gasteiger partial charge in [-0.3, -0.25) is 4.79 Å². The van der Waals surface area contributed by atoms with Gasteiger partial charge in [0.1, 0.15) is 0 Å². The Balaban J connectivity index is 2.26. The first-order valence-electron chi connectivity index (χ1n) is 5.83. The Kier molecular flexibility index (Phi) is 5.66. The van der Waals surface area contributed by atoms with Gasteiger partial charge in [-0.15, -0.1) is 0 Å². The number of hydrogen-bond donors (Lipinski definition) is 3. The lowest BCUT2D eigenvalue weighted by Gasteiger charge is -2.08. The third kappa shape index (κ3) is 5.47. The van der Waals surface area contributed by atoms with Crippen LogP contribution in [0, 0.1) is 6.92 Å². The van der Waals surface area contributed by atoms with E-state index in [1.54, 1.807) is 13.0 Å². The van der Waals surface area contributed by atoms with Gasteiger partial charge in [-0.25, -0.2) is 0 Å². The van der Waals surface area contributed by atoms with Crippen molar-refractivity contribution in [3.05, 3.63) is 35.4 Å². The molecule has 0 aliphatic rings. The van der Waals surface area contributed by atoms with Crippen LogP contribution in [0.3, 0.4) is 0 Å². The molecule has 1 rings (SSSR count). The van der Waals surface area contributed by atoms with Crippen LogP contribution < -0.4 is 10.6 Å². The molecule has 1 atom stereocenters. The van der Waals surface area contributed by atoms with Crippen LogP contribution in [0.1, 0.15) is 22.8 Å². The predicted molar refractivity (Wildman–Crippen MR) is 68.1 cm³/mol. The molecule has 0 aromatic heterocycles. The molecule has 4 nitrogen and oxygen atoms in total. The van der Waals surface area contributed by atoms with Crippen LogP contribution in [0.25, 0.3) is 0 Å². The van der Waals surface area contributed by atoms with Gasteiger partial charge in [0.15, 0.2) is 0 Å². The second-order valence-corrected chi connectivity index (χ2v) is 4.18. The zero-order chi connectivity index (χ0) is 12.7. The van der Waals surface area contributed by atoms with E-state index < -0.39 is 0 Å². The normalized spacial score (nSPS) is 12.2. The van der Waals surface area contributed by atoms with Crippen molar-refractivity contribution in [2.24, 2.45) is 0 Å². The van der Waals surface area contributed by atoms with Gasteiger partial charge in [-0.1, -0.05) is 17.7 Å². The van der Waals surface area contributed by atoms with Crippen LogP contribution in [0.2, 0.25) is 0 Å². The van der Waals surface area contributed by atoms with Crippen LogP contribution in [0.5, 0.6) is 0 Å². The van der Waals surface area contributed by atoms with Crippen LogP contribution in [-0.4, -0.2) is 36.8 Å². The maximum atomic E-state index is 11.7. The first kappa shape index (κ1) is 13.7. The fraction of sp³-hybridized carbons (Fsp3) is 0.462. The summed E-state index contributed by atoms with van der Waals surface area (Å²) in [5.74, 6) is -0.0625. The van der Waals surface area contributed by atoms with Gasteiger partial charge in [-0.05, 0) is 26.0 Å². The zero-order valence-corrected chi connectivity index (χ0v) is 10.4. The van der Waals surface area contributed by atoms with Gasteiger partial charge in [0.2, 0.25) is 0 Å². The first-order chi connectivity index (χ1) is 8.09. The minimum atomic E-state index is -0.359. The monoisotopic (exact) mass is 236 g/mol. The number of benzene rings is 1. The first-order valence-corrected chi connectivity index (χ1v) is 5.83. The molecule has 1 amide bonds. The Bertz CT molecular complexity index is 364. The van der Waals surface area contributed by atoms with Crippen molar-refractivity contribution < 1.29 is 9.90 Å². The Labute approximate surface area is 102 Å². The molecule has 17 heavy (non-hydrogen) atoms. The summed E-state index contributed by atoms with van der Waals surface area (Å²) in [5.41, 5.74) is 1.76. The molecule has 0 spiro atoms. The molecule has 0 aliphatic heterocycles. The molecule has 1 aromatic rings. The van der Waals surface area contributed by atoms with E-state index in [0.29, 0.717) is 25.2 Å². The van der Waals surface area contributed by atoms with Crippen molar-refractivity contribution in [2.45, 2.75) is 20.0 Å². The van der Waals surface area contributed by atoms with Gasteiger partial charge in [0.25, 0.3) is 5.91 Å². The van der Waals surface area contributed by atoms with Gasteiger partial charge >= 0.3 is 0 Å². The summed E-state index contributed by atoms with van der Waals surface area (Å²) in [7, 11) is 0. The highest BCUT2D eigenvalue weighted by atomic mass is 16.3. The summed E-state index contributed by atoms with van der Waals surface area (Å²) in [6.07, 6.45) is -0.359. The molecule has 0 bridgehead atoms. The van der Waals surface area contributed by atoms with Crippen molar-refractivity contribution in [3.63, 3.8) is 0 Å². The smallest absolute Gasteiger partial charge is 0.251 e. The average Bonchev–Trinajstić information content (AvgIpc) is 2.28. The highest BCUT2D eigenvalue weighted by Crippen LogP contribution is 2.03. The third-order valence-electron chi connectivity index (χ3n) is 2.31. The molecule has 0 saturated carbocycles. The predicted octanol–water partition coefficient (Wildman–Crippen LogP) is 0.695. The summed E-state index contributed by atoms with van der Waals surface area (Å²) < 4.78 is 0. The van der Waals surface area contributed by atoms with Crippen LogP contribution >= 0.6 is 0 Å². The summed E-state index contributed by atoms with van der Waals surface area (Å²) in [4.78, 5) is 11.7. The molecule has 94 valence electrons. The Hall–Kier alpha value is -1.39. The third-order valence-corrected chi connectivity index (χ3v) is 2.31. The molecule has 0 heterocycles. The van der Waals surface area contributed by atoms with Crippen molar-refractivity contribution in [3.8, 4) is 0 Å². The van der Waals surface area contributed by atoms with E-state index in [1.807, 2.05) is 25.1 Å². The molecule has 3 N–H and O–H groups in total. The Morgan fingerprint density at radius 2 is 2.18 bits per heavy atom. The van der Waals surface area contributed by atoms with E-state index in [2.05, 4.69) is 10.6 Å². The van der Waals surface area contributed by atoms with Crippen molar-refractivity contribution >= 4 is 5.91 Å². The van der Waals surface area contributed by atoms with E-state index in [9.17, 15) is 4.79 Å². The number of aliphatic hydroxyl groups excluding tert-OH is 1. The molecule has 1 unspecified atom stereocenters. The van der Waals surface area contributed by atoms with Crippen LogP contribution in [0.15, 0.2) is 24.3 Å². The molecule has 0 saturated heterocycles. The highest BCUT2D eigenvalue weighted by molar-refractivity contribution is 5.94. The number of carbonyl (C=O) groups is 1. The van der Waals surface area contributed by atoms with Crippen molar-refractivity contribution in [2.75, 3.05) is 19.6 Å². The molecule has 0 aliphatic carbocycles. The van der Waals surface area contributed by atoms with Gasteiger partial charge in [0.05, 0.1) is 6.10 Å². The number of hydrogen-bond acceptors (Lipinski definition) is 3. The number of aliphatic hydroxyl groups is 1. The minimum Gasteiger partial charge on any atom is -0.392 e. The summed E-state index contributed by atoms with van der Waals surface area (Å²) >= 11 is 0. The summed E-state index contributed by atoms with van der Waals surface area (Å²) in [5, 5.41) is 14.9. The van der Waals surface area contributed by atoms with E-state index in [-0.39, 0.29) is 12.0 Å². The molecule has 0 radical (unpaired) electrons. The average molecular weight is 236 g/mol. The number of aryl methyl sites for hydroxylation is 1. The number of nitrogens with one attached hydrogen (secondary N) is 2. The van der Waals surface area contributed by atoms with Crippen LogP contribution in [-0.2, 0) is 0 Å². The summed E-state index contributed by atoms with van der Waals surface area (Å²) in [6.45, 7) is 5.43. The number of rotatable bonds is 6. The molecule has 1 aromatic carbocycles. The maximum absolute atomic E-state index is 11.7. The number of amides is 1. The summed E-state index contributed by atoms with van der Waals surface area (Å²) in [6, 6.07) is 7.49. The molecule has 0 fully saturated rings. The molecular weight excluding hydrogens is 216 g/mol. The van der Waals surface area contributed by atoms with Crippen molar-refractivity contribution in [1.82, 2.24) is 10.6 Å². The second kappa shape index (κ2) is 7.04. The van der Waals surface area contributed by atoms with E-state index in [4.69, 9.17) is 5.11 Å². The van der Waals surface area contributed by atoms with E-state index in [1.165, 1.54) is 0 Å². The molecular formula is C13H20N2O2. The standard InChI is InChI=1S/C13H20N2O2/c1-10-4-3-5-12(8-10)13(17)15-7-6-14-9-11(2)16/h3-5,8,11,14,16H,6-7,9H2,1-2H3,(H,15,17). The SMILES string of the molecule is Cc1cccc(C(=O)NCCNCC(C)O)c1. The Morgan fingerprint density at radius 3 is 2.82 bits per heavy atom.